The van der Waals surface area contributed by atoms with Crippen LogP contribution in [0.1, 0.15) is 63.4 Å². The van der Waals surface area contributed by atoms with Gasteiger partial charge in [0, 0.05) is 12.5 Å². The molecule has 2 nitrogen and oxygen atoms in total. The van der Waals surface area contributed by atoms with Gasteiger partial charge in [-0.25, -0.2) is 0 Å². The molecular formula is C19H31NO. The zero-order valence-corrected chi connectivity index (χ0v) is 13.7. The molecule has 1 atom stereocenters. The fourth-order valence-corrected chi connectivity index (χ4v) is 3.65. The van der Waals surface area contributed by atoms with Gasteiger partial charge in [-0.2, -0.15) is 0 Å². The van der Waals surface area contributed by atoms with Crippen molar-refractivity contribution in [1.29, 1.82) is 0 Å². The summed E-state index contributed by atoms with van der Waals surface area (Å²) in [5.74, 6) is 2.45. The van der Waals surface area contributed by atoms with Gasteiger partial charge in [0.1, 0.15) is 5.75 Å². The van der Waals surface area contributed by atoms with Gasteiger partial charge in [-0.3, -0.25) is 0 Å². The third-order valence-corrected chi connectivity index (χ3v) is 4.80. The Hall–Kier alpha value is -1.02. The number of para-hydroxylation sites is 1. The van der Waals surface area contributed by atoms with Gasteiger partial charge in [0.25, 0.3) is 0 Å². The second-order valence-electron chi connectivity index (χ2n) is 6.30. The summed E-state index contributed by atoms with van der Waals surface area (Å²) < 4.78 is 5.63. The highest BCUT2D eigenvalue weighted by atomic mass is 16.5. The summed E-state index contributed by atoms with van der Waals surface area (Å²) in [7, 11) is 1.79. The molecule has 1 aliphatic carbocycles. The van der Waals surface area contributed by atoms with E-state index in [9.17, 15) is 0 Å². The van der Waals surface area contributed by atoms with Gasteiger partial charge in [-0.05, 0) is 43.4 Å². The van der Waals surface area contributed by atoms with Gasteiger partial charge in [0.05, 0.1) is 7.11 Å². The molecule has 0 aromatic heterocycles. The Bertz CT molecular complexity index is 396. The minimum Gasteiger partial charge on any atom is -0.496 e. The lowest BCUT2D eigenvalue weighted by molar-refractivity contribution is 0.343. The molecule has 1 aliphatic rings. The molecule has 0 amide bonds. The molecule has 1 fully saturated rings. The van der Waals surface area contributed by atoms with E-state index < -0.39 is 0 Å². The Morgan fingerprint density at radius 1 is 1.14 bits per heavy atom. The average molecular weight is 289 g/mol. The van der Waals surface area contributed by atoms with Crippen LogP contribution in [0.15, 0.2) is 24.3 Å². The lowest BCUT2D eigenvalue weighted by Gasteiger charge is -2.28. The van der Waals surface area contributed by atoms with Crippen molar-refractivity contribution >= 4 is 0 Å². The minimum atomic E-state index is 0.589. The maximum absolute atomic E-state index is 5.63. The third-order valence-electron chi connectivity index (χ3n) is 4.80. The van der Waals surface area contributed by atoms with Crippen LogP contribution in [0.4, 0.5) is 0 Å². The molecule has 0 aliphatic heterocycles. The number of nitrogens with one attached hydrogen (secondary N) is 1. The Morgan fingerprint density at radius 2 is 1.86 bits per heavy atom. The van der Waals surface area contributed by atoms with Crippen LogP contribution in [-0.4, -0.2) is 20.2 Å². The van der Waals surface area contributed by atoms with Gasteiger partial charge in [-0.15, -0.1) is 0 Å². The lowest BCUT2D eigenvalue weighted by Crippen LogP contribution is -2.27. The number of methoxy groups -OCH3 is 1. The predicted molar refractivity (Wildman–Crippen MR) is 90.1 cm³/mol. The maximum atomic E-state index is 5.63. The normalized spacial score (nSPS) is 18.2. The van der Waals surface area contributed by atoms with Crippen LogP contribution in [0.25, 0.3) is 0 Å². The standard InChI is InChI=1S/C19H31NO/c1-3-14-20-15-18(16-10-6-4-5-7-11-16)17-12-8-9-13-19(17)21-2/h8-9,12-13,16,18,20H,3-7,10-11,14-15H2,1-2H3. The Kier molecular flexibility index (Phi) is 7.08. The van der Waals surface area contributed by atoms with Crippen LogP contribution in [0, 0.1) is 5.92 Å². The molecule has 21 heavy (non-hydrogen) atoms. The summed E-state index contributed by atoms with van der Waals surface area (Å²) >= 11 is 0. The first kappa shape index (κ1) is 16.4. The second kappa shape index (κ2) is 9.09. The van der Waals surface area contributed by atoms with Crippen molar-refractivity contribution in [3.05, 3.63) is 29.8 Å². The van der Waals surface area contributed by atoms with Gasteiger partial charge in [-0.1, -0.05) is 50.8 Å². The molecule has 0 bridgehead atoms. The molecule has 2 rings (SSSR count). The van der Waals surface area contributed by atoms with E-state index in [0.29, 0.717) is 5.92 Å². The monoisotopic (exact) mass is 289 g/mol. The van der Waals surface area contributed by atoms with Crippen molar-refractivity contribution in [3.63, 3.8) is 0 Å². The topological polar surface area (TPSA) is 21.3 Å². The summed E-state index contributed by atoms with van der Waals surface area (Å²) in [5.41, 5.74) is 1.40. The maximum Gasteiger partial charge on any atom is 0.122 e. The molecule has 0 spiro atoms. The van der Waals surface area contributed by atoms with E-state index in [4.69, 9.17) is 4.74 Å². The summed E-state index contributed by atoms with van der Waals surface area (Å²) in [5, 5.41) is 3.65. The Morgan fingerprint density at radius 3 is 2.52 bits per heavy atom. The average Bonchev–Trinajstić information content (AvgIpc) is 2.81. The Labute approximate surface area is 130 Å². The van der Waals surface area contributed by atoms with Crippen LogP contribution in [0.2, 0.25) is 0 Å². The number of rotatable bonds is 7. The first-order valence-electron chi connectivity index (χ1n) is 8.70. The van der Waals surface area contributed by atoms with E-state index in [1.807, 2.05) is 0 Å². The molecule has 1 aromatic rings. The minimum absolute atomic E-state index is 0.589. The quantitative estimate of drug-likeness (QED) is 0.578. The first-order valence-corrected chi connectivity index (χ1v) is 8.70. The Balaban J connectivity index is 2.17. The highest BCUT2D eigenvalue weighted by Gasteiger charge is 2.26. The second-order valence-corrected chi connectivity index (χ2v) is 6.30. The van der Waals surface area contributed by atoms with Crippen LogP contribution in [0.3, 0.4) is 0 Å². The van der Waals surface area contributed by atoms with E-state index in [0.717, 1.165) is 24.8 Å². The van der Waals surface area contributed by atoms with E-state index in [1.165, 1.54) is 50.5 Å². The zero-order chi connectivity index (χ0) is 14.9. The van der Waals surface area contributed by atoms with Crippen LogP contribution >= 0.6 is 0 Å². The van der Waals surface area contributed by atoms with Crippen molar-refractivity contribution in [1.82, 2.24) is 5.32 Å². The fourth-order valence-electron chi connectivity index (χ4n) is 3.65. The van der Waals surface area contributed by atoms with E-state index in [2.05, 4.69) is 36.5 Å². The molecule has 0 radical (unpaired) electrons. The molecule has 0 saturated heterocycles. The smallest absolute Gasteiger partial charge is 0.122 e. The molecule has 1 N–H and O–H groups in total. The van der Waals surface area contributed by atoms with Crippen LogP contribution in [0.5, 0.6) is 5.75 Å². The summed E-state index contributed by atoms with van der Waals surface area (Å²) in [4.78, 5) is 0. The number of ether oxygens (including phenoxy) is 1. The summed E-state index contributed by atoms with van der Waals surface area (Å²) in [6, 6.07) is 8.61. The molecule has 0 heterocycles. The largest absolute Gasteiger partial charge is 0.496 e. The molecule has 1 unspecified atom stereocenters. The van der Waals surface area contributed by atoms with Gasteiger partial charge < -0.3 is 10.1 Å². The zero-order valence-electron chi connectivity index (χ0n) is 13.7. The first-order chi connectivity index (χ1) is 10.4. The van der Waals surface area contributed by atoms with Crippen molar-refractivity contribution in [2.75, 3.05) is 20.2 Å². The number of hydrogen-bond acceptors (Lipinski definition) is 2. The van der Waals surface area contributed by atoms with Crippen LogP contribution < -0.4 is 10.1 Å². The predicted octanol–water partition coefficient (Wildman–Crippen LogP) is 4.75. The molecular weight excluding hydrogens is 258 g/mol. The van der Waals surface area contributed by atoms with Crippen molar-refractivity contribution in [2.45, 2.75) is 57.8 Å². The van der Waals surface area contributed by atoms with Crippen LogP contribution in [-0.2, 0) is 0 Å². The van der Waals surface area contributed by atoms with Gasteiger partial charge in [0.2, 0.25) is 0 Å². The number of hydrogen-bond donors (Lipinski definition) is 1. The van der Waals surface area contributed by atoms with Crippen molar-refractivity contribution in [2.24, 2.45) is 5.92 Å². The van der Waals surface area contributed by atoms with Gasteiger partial charge >= 0.3 is 0 Å². The molecule has 118 valence electrons. The van der Waals surface area contributed by atoms with Crippen molar-refractivity contribution in [3.8, 4) is 5.75 Å². The molecule has 2 heteroatoms. The SMILES string of the molecule is CCCNCC(c1ccccc1OC)C1CCCCCC1. The van der Waals surface area contributed by atoms with E-state index in [1.54, 1.807) is 7.11 Å². The lowest BCUT2D eigenvalue weighted by atomic mass is 9.81. The molecule has 1 saturated carbocycles. The number of benzene rings is 1. The highest BCUT2D eigenvalue weighted by molar-refractivity contribution is 5.37. The van der Waals surface area contributed by atoms with E-state index in [-0.39, 0.29) is 0 Å². The van der Waals surface area contributed by atoms with E-state index >= 15 is 0 Å². The molecule has 1 aromatic carbocycles. The van der Waals surface area contributed by atoms with Crippen molar-refractivity contribution < 1.29 is 4.74 Å². The summed E-state index contributed by atoms with van der Waals surface area (Å²) in [6.07, 6.45) is 9.56. The van der Waals surface area contributed by atoms with Gasteiger partial charge in [0.15, 0.2) is 0 Å². The third kappa shape index (κ3) is 4.74. The fraction of sp³-hybridized carbons (Fsp3) is 0.684. The highest BCUT2D eigenvalue weighted by Crippen LogP contribution is 2.38. The summed E-state index contributed by atoms with van der Waals surface area (Å²) in [6.45, 7) is 4.42.